The highest BCUT2D eigenvalue weighted by Gasteiger charge is 2.18. The summed E-state index contributed by atoms with van der Waals surface area (Å²) in [6.07, 6.45) is 1.63. The van der Waals surface area contributed by atoms with Crippen LogP contribution in [0.2, 0.25) is 0 Å². The van der Waals surface area contributed by atoms with Gasteiger partial charge < -0.3 is 15.8 Å². The summed E-state index contributed by atoms with van der Waals surface area (Å²) < 4.78 is 0. The molecule has 14 heavy (non-hydrogen) atoms. The van der Waals surface area contributed by atoms with Gasteiger partial charge in [0.2, 0.25) is 5.91 Å². The molecule has 0 unspecified atom stereocenters. The Kier molecular flexibility index (Phi) is 5.67. The number of hydrogen-bond donors (Lipinski definition) is 2. The third kappa shape index (κ3) is 3.64. The molecule has 0 fully saturated rings. The van der Waals surface area contributed by atoms with E-state index in [0.29, 0.717) is 0 Å². The van der Waals surface area contributed by atoms with Crippen molar-refractivity contribution >= 4 is 11.7 Å². The Hall–Kier alpha value is -1.26. The quantitative estimate of drug-likeness (QED) is 0.296. The Morgan fingerprint density at radius 2 is 2.00 bits per heavy atom. The van der Waals surface area contributed by atoms with Crippen molar-refractivity contribution < 1.29 is 10.0 Å². The van der Waals surface area contributed by atoms with Crippen LogP contribution in [0.25, 0.3) is 0 Å². The highest BCUT2D eigenvalue weighted by Crippen LogP contribution is 2.10. The zero-order valence-electron chi connectivity index (χ0n) is 9.03. The number of oxime groups is 1. The van der Waals surface area contributed by atoms with Gasteiger partial charge in [-0.25, -0.2) is 0 Å². The Bertz CT molecular complexity index is 212. The summed E-state index contributed by atoms with van der Waals surface area (Å²) in [6.45, 7) is 4.12. The van der Waals surface area contributed by atoms with E-state index in [9.17, 15) is 4.79 Å². The second-order valence-corrected chi connectivity index (χ2v) is 3.30. The van der Waals surface area contributed by atoms with Crippen molar-refractivity contribution in [1.82, 2.24) is 4.90 Å². The smallest absolute Gasteiger partial charge is 0.225 e. The summed E-state index contributed by atoms with van der Waals surface area (Å²) >= 11 is 0. The first-order valence-electron chi connectivity index (χ1n) is 4.78. The number of amidine groups is 1. The molecule has 0 heterocycles. The second-order valence-electron chi connectivity index (χ2n) is 3.30. The maximum absolute atomic E-state index is 11.7. The predicted octanol–water partition coefficient (Wildman–Crippen LogP) is 0.627. The molecule has 0 aliphatic rings. The van der Waals surface area contributed by atoms with E-state index in [-0.39, 0.29) is 24.2 Å². The molecule has 0 aromatic carbocycles. The first-order chi connectivity index (χ1) is 6.56. The molecule has 0 aliphatic heterocycles. The third-order valence-corrected chi connectivity index (χ3v) is 2.24. The van der Waals surface area contributed by atoms with Crippen molar-refractivity contribution in [2.45, 2.75) is 26.7 Å². The zero-order chi connectivity index (χ0) is 11.1. The van der Waals surface area contributed by atoms with Gasteiger partial charge in [0.05, 0.1) is 6.54 Å². The van der Waals surface area contributed by atoms with Crippen molar-refractivity contribution in [3.8, 4) is 0 Å². The fourth-order valence-corrected chi connectivity index (χ4v) is 1.30. The van der Waals surface area contributed by atoms with Crippen molar-refractivity contribution in [3.63, 3.8) is 0 Å². The standard InChI is InChI=1S/C9H19N3O2/c1-4-7(5-2)9(13)12(3)6-8(10)11-14/h7,14H,4-6H2,1-3H3,(H2,10,11). The third-order valence-electron chi connectivity index (χ3n) is 2.24. The highest BCUT2D eigenvalue weighted by atomic mass is 16.4. The lowest BCUT2D eigenvalue weighted by molar-refractivity contribution is -0.133. The number of nitrogens with zero attached hydrogens (tertiary/aromatic N) is 2. The number of nitrogens with two attached hydrogens (primary N) is 1. The van der Waals surface area contributed by atoms with E-state index in [2.05, 4.69) is 5.16 Å². The predicted molar refractivity (Wildman–Crippen MR) is 55.1 cm³/mol. The maximum atomic E-state index is 11.7. The number of rotatable bonds is 5. The topological polar surface area (TPSA) is 78.9 Å². The zero-order valence-corrected chi connectivity index (χ0v) is 9.03. The van der Waals surface area contributed by atoms with E-state index in [1.807, 2.05) is 13.8 Å². The summed E-state index contributed by atoms with van der Waals surface area (Å²) in [7, 11) is 1.65. The van der Waals surface area contributed by atoms with Crippen molar-refractivity contribution in [3.05, 3.63) is 0 Å². The summed E-state index contributed by atoms with van der Waals surface area (Å²) in [5.41, 5.74) is 5.30. The van der Waals surface area contributed by atoms with Gasteiger partial charge in [0.25, 0.3) is 0 Å². The van der Waals surface area contributed by atoms with E-state index in [1.165, 1.54) is 4.90 Å². The SMILES string of the molecule is CCC(CC)C(=O)N(C)CC(N)=NO. The average Bonchev–Trinajstić information content (AvgIpc) is 2.19. The van der Waals surface area contributed by atoms with E-state index >= 15 is 0 Å². The second kappa shape index (κ2) is 6.23. The molecule has 3 N–H and O–H groups in total. The molecular formula is C9H19N3O2. The van der Waals surface area contributed by atoms with Crippen LogP contribution in [-0.2, 0) is 4.79 Å². The van der Waals surface area contributed by atoms with E-state index in [4.69, 9.17) is 10.9 Å². The largest absolute Gasteiger partial charge is 0.409 e. The number of carbonyl (C=O) groups is 1. The molecule has 1 amide bonds. The van der Waals surface area contributed by atoms with Gasteiger partial charge in [0.1, 0.15) is 0 Å². The Balaban J connectivity index is 4.23. The van der Waals surface area contributed by atoms with Gasteiger partial charge in [0.15, 0.2) is 5.84 Å². The first-order valence-corrected chi connectivity index (χ1v) is 4.78. The van der Waals surface area contributed by atoms with Gasteiger partial charge in [-0.05, 0) is 12.8 Å². The van der Waals surface area contributed by atoms with Crippen LogP contribution in [0.1, 0.15) is 26.7 Å². The molecule has 0 atom stereocenters. The van der Waals surface area contributed by atoms with Gasteiger partial charge in [-0.3, -0.25) is 4.79 Å². The van der Waals surface area contributed by atoms with Gasteiger partial charge in [-0.1, -0.05) is 19.0 Å². The van der Waals surface area contributed by atoms with Crippen molar-refractivity contribution in [1.29, 1.82) is 0 Å². The Morgan fingerprint density at radius 3 is 2.36 bits per heavy atom. The maximum Gasteiger partial charge on any atom is 0.225 e. The van der Waals surface area contributed by atoms with E-state index in [0.717, 1.165) is 12.8 Å². The summed E-state index contributed by atoms with van der Waals surface area (Å²) in [4.78, 5) is 13.2. The number of carbonyl (C=O) groups excluding carboxylic acids is 1. The molecule has 0 saturated heterocycles. The van der Waals surface area contributed by atoms with Crippen LogP contribution in [0.5, 0.6) is 0 Å². The average molecular weight is 201 g/mol. The number of likely N-dealkylation sites (N-methyl/N-ethyl adjacent to an activating group) is 1. The van der Waals surface area contributed by atoms with Crippen LogP contribution in [0.3, 0.4) is 0 Å². The number of hydrogen-bond acceptors (Lipinski definition) is 3. The van der Waals surface area contributed by atoms with Crippen molar-refractivity contribution in [2.24, 2.45) is 16.8 Å². The minimum atomic E-state index is 0.0338. The van der Waals surface area contributed by atoms with Gasteiger partial charge in [0, 0.05) is 13.0 Å². The van der Waals surface area contributed by atoms with Crippen LogP contribution in [0, 0.1) is 5.92 Å². The molecule has 0 saturated carbocycles. The monoisotopic (exact) mass is 201 g/mol. The summed E-state index contributed by atoms with van der Waals surface area (Å²) in [5.74, 6) is 0.125. The van der Waals surface area contributed by atoms with E-state index < -0.39 is 0 Å². The van der Waals surface area contributed by atoms with Crippen LogP contribution >= 0.6 is 0 Å². The van der Waals surface area contributed by atoms with Gasteiger partial charge in [-0.15, -0.1) is 0 Å². The molecular weight excluding hydrogens is 182 g/mol. The van der Waals surface area contributed by atoms with Crippen molar-refractivity contribution in [2.75, 3.05) is 13.6 Å². The molecule has 0 rings (SSSR count). The summed E-state index contributed by atoms with van der Waals surface area (Å²) in [5, 5.41) is 11.2. The van der Waals surface area contributed by atoms with E-state index in [1.54, 1.807) is 7.05 Å². The van der Waals surface area contributed by atoms with Crippen LogP contribution < -0.4 is 5.73 Å². The fraction of sp³-hybridized carbons (Fsp3) is 0.778. The first kappa shape index (κ1) is 12.7. The van der Waals surface area contributed by atoms with Gasteiger partial charge in [-0.2, -0.15) is 0 Å². The van der Waals surface area contributed by atoms with Crippen LogP contribution in [0.15, 0.2) is 5.16 Å². The fourth-order valence-electron chi connectivity index (χ4n) is 1.30. The summed E-state index contributed by atoms with van der Waals surface area (Å²) in [6, 6.07) is 0. The normalized spacial score (nSPS) is 11.9. The molecule has 0 bridgehead atoms. The minimum absolute atomic E-state index is 0.0338. The Morgan fingerprint density at radius 1 is 1.50 bits per heavy atom. The van der Waals surface area contributed by atoms with Crippen LogP contribution in [-0.4, -0.2) is 35.4 Å². The molecule has 5 nitrogen and oxygen atoms in total. The molecule has 0 aromatic rings. The molecule has 0 spiro atoms. The number of amides is 1. The molecule has 82 valence electrons. The molecule has 0 aromatic heterocycles. The molecule has 0 aliphatic carbocycles. The minimum Gasteiger partial charge on any atom is -0.409 e. The lowest BCUT2D eigenvalue weighted by Crippen LogP contribution is -2.38. The molecule has 5 heteroatoms. The lowest BCUT2D eigenvalue weighted by atomic mass is 10.0. The van der Waals surface area contributed by atoms with Crippen LogP contribution in [0.4, 0.5) is 0 Å². The van der Waals surface area contributed by atoms with Gasteiger partial charge >= 0.3 is 0 Å². The highest BCUT2D eigenvalue weighted by molar-refractivity contribution is 5.87. The molecule has 0 radical (unpaired) electrons. The lowest BCUT2D eigenvalue weighted by Gasteiger charge is -2.21. The Labute approximate surface area is 84.6 Å².